The Morgan fingerprint density at radius 2 is 2.05 bits per heavy atom. The van der Waals surface area contributed by atoms with Gasteiger partial charge in [-0.25, -0.2) is 0 Å². The lowest BCUT2D eigenvalue weighted by Crippen LogP contribution is -2.27. The molecule has 1 heterocycles. The molecule has 0 atom stereocenters. The third kappa shape index (κ3) is 5.21. The van der Waals surface area contributed by atoms with Gasteiger partial charge in [0.1, 0.15) is 0 Å². The Morgan fingerprint density at radius 3 is 2.67 bits per heavy atom. The molecule has 1 amide bonds. The smallest absolute Gasteiger partial charge is 0.225 e. The van der Waals surface area contributed by atoms with Crippen LogP contribution in [0.25, 0.3) is 0 Å². The van der Waals surface area contributed by atoms with Crippen molar-refractivity contribution in [2.45, 2.75) is 19.9 Å². The van der Waals surface area contributed by atoms with Gasteiger partial charge in [0, 0.05) is 35.8 Å². The molecule has 112 valence electrons. The zero-order valence-corrected chi connectivity index (χ0v) is 13.0. The predicted octanol–water partition coefficient (Wildman–Crippen LogP) is 3.18. The van der Waals surface area contributed by atoms with Crippen LogP contribution >= 0.6 is 11.3 Å². The zero-order chi connectivity index (χ0) is 15.1. The molecule has 0 aliphatic rings. The Morgan fingerprint density at radius 1 is 1.29 bits per heavy atom. The van der Waals surface area contributed by atoms with Crippen LogP contribution in [0.3, 0.4) is 0 Å². The van der Waals surface area contributed by atoms with E-state index in [9.17, 15) is 4.79 Å². The summed E-state index contributed by atoms with van der Waals surface area (Å²) in [5.74, 6) is 0.0319. The van der Waals surface area contributed by atoms with Crippen molar-refractivity contribution in [1.82, 2.24) is 4.90 Å². The van der Waals surface area contributed by atoms with E-state index in [1.165, 1.54) is 4.88 Å². The van der Waals surface area contributed by atoms with Gasteiger partial charge >= 0.3 is 0 Å². The van der Waals surface area contributed by atoms with Crippen LogP contribution in [0, 0.1) is 0 Å². The second-order valence-corrected chi connectivity index (χ2v) is 5.90. The first-order valence-corrected chi connectivity index (χ1v) is 7.95. The van der Waals surface area contributed by atoms with E-state index in [1.54, 1.807) is 23.5 Å². The van der Waals surface area contributed by atoms with Crippen molar-refractivity contribution in [3.63, 3.8) is 0 Å². The van der Waals surface area contributed by atoms with Gasteiger partial charge in [0.05, 0.1) is 0 Å². The maximum Gasteiger partial charge on any atom is 0.225 e. The van der Waals surface area contributed by atoms with E-state index in [1.807, 2.05) is 12.1 Å². The summed E-state index contributed by atoms with van der Waals surface area (Å²) < 4.78 is 0. The number of nitrogens with one attached hydrogen (secondary N) is 1. The molecule has 0 aliphatic carbocycles. The van der Waals surface area contributed by atoms with Gasteiger partial charge < -0.3 is 11.1 Å². The van der Waals surface area contributed by atoms with Crippen molar-refractivity contribution >= 4 is 28.6 Å². The molecule has 0 radical (unpaired) electrons. The Labute approximate surface area is 129 Å². The molecule has 5 heteroatoms. The highest BCUT2D eigenvalue weighted by molar-refractivity contribution is 7.09. The van der Waals surface area contributed by atoms with Crippen LogP contribution in [0.4, 0.5) is 11.4 Å². The van der Waals surface area contributed by atoms with Crippen LogP contribution < -0.4 is 11.1 Å². The average Bonchev–Trinajstić information content (AvgIpc) is 2.99. The third-order valence-corrected chi connectivity index (χ3v) is 4.12. The zero-order valence-electron chi connectivity index (χ0n) is 12.2. The first-order chi connectivity index (χ1) is 10.2. The third-order valence-electron chi connectivity index (χ3n) is 3.26. The van der Waals surface area contributed by atoms with Gasteiger partial charge in [-0.3, -0.25) is 9.69 Å². The molecular formula is C16H21N3OS. The van der Waals surface area contributed by atoms with E-state index in [-0.39, 0.29) is 5.91 Å². The number of carbonyl (C=O) groups excluding carboxylic acids is 1. The lowest BCUT2D eigenvalue weighted by atomic mass is 10.2. The summed E-state index contributed by atoms with van der Waals surface area (Å²) in [4.78, 5) is 15.6. The molecular weight excluding hydrogens is 282 g/mol. The van der Waals surface area contributed by atoms with E-state index in [0.29, 0.717) is 12.1 Å². The Hall–Kier alpha value is -1.85. The normalized spacial score (nSPS) is 10.8. The number of benzene rings is 1. The van der Waals surface area contributed by atoms with Crippen molar-refractivity contribution in [2.75, 3.05) is 24.1 Å². The predicted molar refractivity (Wildman–Crippen MR) is 89.4 cm³/mol. The summed E-state index contributed by atoms with van der Waals surface area (Å²) in [7, 11) is 0. The number of carbonyl (C=O) groups is 1. The van der Waals surface area contributed by atoms with Gasteiger partial charge in [0.25, 0.3) is 0 Å². The first kappa shape index (κ1) is 15.5. The largest absolute Gasteiger partial charge is 0.399 e. The molecule has 3 N–H and O–H groups in total. The summed E-state index contributed by atoms with van der Waals surface area (Å²) >= 11 is 1.75. The molecule has 2 aromatic rings. The number of amides is 1. The number of nitrogens with two attached hydrogens (primary N) is 1. The van der Waals surface area contributed by atoms with Gasteiger partial charge in [-0.05, 0) is 42.3 Å². The Balaban J connectivity index is 1.78. The van der Waals surface area contributed by atoms with Gasteiger partial charge in [0.15, 0.2) is 0 Å². The number of nitrogens with zero attached hydrogens (tertiary/aromatic N) is 1. The van der Waals surface area contributed by atoms with Gasteiger partial charge in [0.2, 0.25) is 5.91 Å². The molecule has 1 aromatic carbocycles. The van der Waals surface area contributed by atoms with E-state index in [2.05, 4.69) is 34.7 Å². The number of thiophene rings is 1. The molecule has 0 saturated heterocycles. The number of hydrogen-bond donors (Lipinski definition) is 2. The van der Waals surface area contributed by atoms with Crippen molar-refractivity contribution in [3.05, 3.63) is 46.7 Å². The molecule has 4 nitrogen and oxygen atoms in total. The molecule has 1 aromatic heterocycles. The number of anilines is 2. The topological polar surface area (TPSA) is 58.4 Å². The summed E-state index contributed by atoms with van der Waals surface area (Å²) in [6.07, 6.45) is 0.490. The van der Waals surface area contributed by atoms with E-state index >= 15 is 0 Å². The maximum absolute atomic E-state index is 12.0. The molecule has 0 spiro atoms. The van der Waals surface area contributed by atoms with Gasteiger partial charge in [-0.1, -0.05) is 13.0 Å². The second-order valence-electron chi connectivity index (χ2n) is 4.87. The maximum atomic E-state index is 12.0. The minimum absolute atomic E-state index is 0.0319. The number of hydrogen-bond acceptors (Lipinski definition) is 4. The highest BCUT2D eigenvalue weighted by Gasteiger charge is 2.08. The van der Waals surface area contributed by atoms with E-state index < -0.39 is 0 Å². The van der Waals surface area contributed by atoms with Crippen molar-refractivity contribution in [3.8, 4) is 0 Å². The first-order valence-electron chi connectivity index (χ1n) is 7.07. The molecule has 21 heavy (non-hydrogen) atoms. The lowest BCUT2D eigenvalue weighted by molar-refractivity contribution is -0.116. The minimum Gasteiger partial charge on any atom is -0.399 e. The Kier molecular flexibility index (Phi) is 5.78. The Bertz CT molecular complexity index is 551. The SMILES string of the molecule is CCN(CCC(=O)Nc1ccc(N)cc1)Cc1cccs1. The lowest BCUT2D eigenvalue weighted by Gasteiger charge is -2.19. The quantitative estimate of drug-likeness (QED) is 0.772. The standard InChI is InChI=1S/C16H21N3OS/c1-2-19(12-15-4-3-11-21-15)10-9-16(20)18-14-7-5-13(17)6-8-14/h3-8,11H,2,9-10,12,17H2,1H3,(H,18,20). The fraction of sp³-hybridized carbons (Fsp3) is 0.312. The van der Waals surface area contributed by atoms with Gasteiger partial charge in [-0.2, -0.15) is 0 Å². The molecule has 2 rings (SSSR count). The van der Waals surface area contributed by atoms with Crippen molar-refractivity contribution < 1.29 is 4.79 Å². The van der Waals surface area contributed by atoms with Crippen LogP contribution in [-0.2, 0) is 11.3 Å². The van der Waals surface area contributed by atoms with E-state index in [4.69, 9.17) is 5.73 Å². The number of nitrogen functional groups attached to an aromatic ring is 1. The van der Waals surface area contributed by atoms with Gasteiger partial charge in [-0.15, -0.1) is 11.3 Å². The second kappa shape index (κ2) is 7.81. The van der Waals surface area contributed by atoms with Crippen LogP contribution in [0.2, 0.25) is 0 Å². The van der Waals surface area contributed by atoms with Crippen LogP contribution in [0.15, 0.2) is 41.8 Å². The summed E-state index contributed by atoms with van der Waals surface area (Å²) in [6.45, 7) is 4.72. The monoisotopic (exact) mass is 303 g/mol. The summed E-state index contributed by atoms with van der Waals surface area (Å²) in [5.41, 5.74) is 7.10. The van der Waals surface area contributed by atoms with Crippen molar-refractivity contribution in [2.24, 2.45) is 0 Å². The van der Waals surface area contributed by atoms with Crippen LogP contribution in [0.1, 0.15) is 18.2 Å². The fourth-order valence-electron chi connectivity index (χ4n) is 2.02. The fourth-order valence-corrected chi connectivity index (χ4v) is 2.77. The van der Waals surface area contributed by atoms with E-state index in [0.717, 1.165) is 25.3 Å². The molecule has 0 bridgehead atoms. The minimum atomic E-state index is 0.0319. The van der Waals surface area contributed by atoms with Crippen molar-refractivity contribution in [1.29, 1.82) is 0 Å². The highest BCUT2D eigenvalue weighted by atomic mass is 32.1. The molecule has 0 saturated carbocycles. The highest BCUT2D eigenvalue weighted by Crippen LogP contribution is 2.13. The summed E-state index contributed by atoms with van der Waals surface area (Å²) in [5, 5.41) is 4.97. The van der Waals surface area contributed by atoms with Crippen LogP contribution in [-0.4, -0.2) is 23.9 Å². The average molecular weight is 303 g/mol. The molecule has 0 fully saturated rings. The number of rotatable bonds is 7. The van der Waals surface area contributed by atoms with Crippen LogP contribution in [0.5, 0.6) is 0 Å². The molecule has 0 unspecified atom stereocenters. The summed E-state index contributed by atoms with van der Waals surface area (Å²) in [6, 6.07) is 11.4. The molecule has 0 aliphatic heterocycles.